The summed E-state index contributed by atoms with van der Waals surface area (Å²) >= 11 is 0. The van der Waals surface area contributed by atoms with E-state index in [0.717, 1.165) is 25.0 Å². The molecule has 0 amide bonds. The Kier molecular flexibility index (Phi) is 3.58. The highest BCUT2D eigenvalue weighted by Crippen LogP contribution is 2.22. The van der Waals surface area contributed by atoms with Crippen LogP contribution >= 0.6 is 0 Å². The van der Waals surface area contributed by atoms with Crippen molar-refractivity contribution in [2.75, 3.05) is 0 Å². The van der Waals surface area contributed by atoms with Crippen molar-refractivity contribution in [2.45, 2.75) is 44.4 Å². The molecule has 0 radical (unpaired) electrons. The minimum Gasteiger partial charge on any atom is -0.374 e. The number of nitrogens with one attached hydrogen (secondary N) is 1. The van der Waals surface area contributed by atoms with Gasteiger partial charge in [0.15, 0.2) is 0 Å². The molecular weight excluding hydrogens is 204 g/mol. The van der Waals surface area contributed by atoms with Gasteiger partial charge in [0.25, 0.3) is 0 Å². The van der Waals surface area contributed by atoms with Crippen LogP contribution < -0.4 is 11.3 Å². The van der Waals surface area contributed by atoms with Gasteiger partial charge in [-0.3, -0.25) is 16.0 Å². The third kappa shape index (κ3) is 2.61. The molecule has 1 aromatic heterocycles. The molecule has 3 unspecified atom stereocenters. The Labute approximate surface area is 95.9 Å². The summed E-state index contributed by atoms with van der Waals surface area (Å²) in [6.07, 6.45) is 5.51. The lowest BCUT2D eigenvalue weighted by molar-refractivity contribution is 0.0318. The Morgan fingerprint density at radius 3 is 3.00 bits per heavy atom. The van der Waals surface area contributed by atoms with E-state index in [0.29, 0.717) is 6.10 Å². The van der Waals surface area contributed by atoms with Crippen molar-refractivity contribution >= 4 is 0 Å². The first-order chi connectivity index (χ1) is 7.69. The minimum atomic E-state index is 0.153. The van der Waals surface area contributed by atoms with E-state index in [1.165, 1.54) is 0 Å². The Bertz CT molecular complexity index is 338. The zero-order valence-corrected chi connectivity index (χ0v) is 9.89. The molecule has 1 aromatic rings. The summed E-state index contributed by atoms with van der Waals surface area (Å²) in [5, 5.41) is 4.35. The predicted octanol–water partition coefficient (Wildman–Crippen LogP) is 0.362. The lowest BCUT2D eigenvalue weighted by Crippen LogP contribution is -2.45. The van der Waals surface area contributed by atoms with Crippen molar-refractivity contribution in [3.8, 4) is 0 Å². The zero-order chi connectivity index (χ0) is 11.5. The molecule has 0 spiro atoms. The van der Waals surface area contributed by atoms with Crippen LogP contribution in [-0.4, -0.2) is 28.0 Å². The number of aryl methyl sites for hydroxylation is 1. The van der Waals surface area contributed by atoms with Crippen molar-refractivity contribution < 1.29 is 4.74 Å². The molecule has 3 N–H and O–H groups in total. The fourth-order valence-electron chi connectivity index (χ4n) is 2.22. The zero-order valence-electron chi connectivity index (χ0n) is 9.89. The highest BCUT2D eigenvalue weighted by Gasteiger charge is 2.29. The van der Waals surface area contributed by atoms with E-state index < -0.39 is 0 Å². The molecule has 0 bridgehead atoms. The summed E-state index contributed by atoms with van der Waals surface area (Å²) in [6, 6.07) is 2.17. The summed E-state index contributed by atoms with van der Waals surface area (Å²) in [5.74, 6) is 5.59. The smallest absolute Gasteiger partial charge is 0.0749 e. The van der Waals surface area contributed by atoms with Crippen molar-refractivity contribution in [2.24, 2.45) is 12.9 Å². The molecule has 0 aliphatic carbocycles. The second-order valence-electron chi connectivity index (χ2n) is 4.52. The SMILES string of the molecule is CC1CCC(C(Cc2ccn(C)n2)NN)O1. The Balaban J connectivity index is 1.95. The number of nitrogens with zero attached hydrogens (tertiary/aromatic N) is 2. The molecule has 16 heavy (non-hydrogen) atoms. The Morgan fingerprint density at radius 1 is 1.69 bits per heavy atom. The van der Waals surface area contributed by atoms with Crippen LogP contribution in [0.4, 0.5) is 0 Å². The fourth-order valence-corrected chi connectivity index (χ4v) is 2.22. The molecule has 1 fully saturated rings. The van der Waals surface area contributed by atoms with Gasteiger partial charge in [0.05, 0.1) is 23.9 Å². The van der Waals surface area contributed by atoms with Crippen molar-refractivity contribution in [3.63, 3.8) is 0 Å². The predicted molar refractivity (Wildman–Crippen MR) is 61.6 cm³/mol. The average molecular weight is 224 g/mol. The molecule has 0 saturated carbocycles. The van der Waals surface area contributed by atoms with E-state index in [1.807, 2.05) is 19.3 Å². The van der Waals surface area contributed by atoms with E-state index in [1.54, 1.807) is 4.68 Å². The second kappa shape index (κ2) is 4.95. The largest absolute Gasteiger partial charge is 0.374 e. The third-order valence-electron chi connectivity index (χ3n) is 3.13. The molecule has 1 aliphatic rings. The fraction of sp³-hybridized carbons (Fsp3) is 0.727. The summed E-state index contributed by atoms with van der Waals surface area (Å²) in [4.78, 5) is 0. The monoisotopic (exact) mass is 224 g/mol. The van der Waals surface area contributed by atoms with Crippen LogP contribution in [0.1, 0.15) is 25.5 Å². The molecule has 1 aliphatic heterocycles. The molecule has 0 aromatic carbocycles. The van der Waals surface area contributed by atoms with E-state index in [9.17, 15) is 0 Å². The molecule has 3 atom stereocenters. The topological polar surface area (TPSA) is 65.1 Å². The van der Waals surface area contributed by atoms with Crippen LogP contribution in [0.2, 0.25) is 0 Å². The van der Waals surface area contributed by atoms with Gasteiger partial charge in [-0.2, -0.15) is 5.10 Å². The normalized spacial score (nSPS) is 27.2. The van der Waals surface area contributed by atoms with Crippen molar-refractivity contribution in [1.82, 2.24) is 15.2 Å². The van der Waals surface area contributed by atoms with Gasteiger partial charge in [-0.1, -0.05) is 0 Å². The van der Waals surface area contributed by atoms with Crippen LogP contribution in [0.5, 0.6) is 0 Å². The summed E-state index contributed by atoms with van der Waals surface area (Å²) in [7, 11) is 1.92. The lowest BCUT2D eigenvalue weighted by Gasteiger charge is -2.21. The molecular formula is C11H20N4O. The highest BCUT2D eigenvalue weighted by molar-refractivity contribution is 5.02. The van der Waals surface area contributed by atoms with Gasteiger partial charge in [0.2, 0.25) is 0 Å². The number of hydrogen-bond acceptors (Lipinski definition) is 4. The number of nitrogens with two attached hydrogens (primary N) is 1. The number of aromatic nitrogens is 2. The molecule has 2 rings (SSSR count). The molecule has 5 heteroatoms. The van der Waals surface area contributed by atoms with Crippen LogP contribution in [0.25, 0.3) is 0 Å². The maximum absolute atomic E-state index is 5.82. The summed E-state index contributed by atoms with van der Waals surface area (Å²) in [5.41, 5.74) is 3.90. The van der Waals surface area contributed by atoms with Gasteiger partial charge in [0.1, 0.15) is 0 Å². The van der Waals surface area contributed by atoms with Gasteiger partial charge >= 0.3 is 0 Å². The number of hydrazine groups is 1. The van der Waals surface area contributed by atoms with Gasteiger partial charge in [0, 0.05) is 19.7 Å². The van der Waals surface area contributed by atoms with E-state index in [2.05, 4.69) is 17.4 Å². The van der Waals surface area contributed by atoms with Crippen molar-refractivity contribution in [3.05, 3.63) is 18.0 Å². The first-order valence-electron chi connectivity index (χ1n) is 5.79. The highest BCUT2D eigenvalue weighted by atomic mass is 16.5. The van der Waals surface area contributed by atoms with Crippen LogP contribution in [-0.2, 0) is 18.2 Å². The number of ether oxygens (including phenoxy) is 1. The van der Waals surface area contributed by atoms with E-state index >= 15 is 0 Å². The van der Waals surface area contributed by atoms with Crippen molar-refractivity contribution in [1.29, 1.82) is 0 Å². The maximum Gasteiger partial charge on any atom is 0.0749 e. The van der Waals surface area contributed by atoms with Gasteiger partial charge < -0.3 is 4.74 Å². The van der Waals surface area contributed by atoms with E-state index in [4.69, 9.17) is 10.6 Å². The van der Waals surface area contributed by atoms with Crippen LogP contribution in [0.3, 0.4) is 0 Å². The molecule has 5 nitrogen and oxygen atoms in total. The van der Waals surface area contributed by atoms with E-state index in [-0.39, 0.29) is 12.1 Å². The number of rotatable bonds is 4. The second-order valence-corrected chi connectivity index (χ2v) is 4.52. The standard InChI is InChI=1S/C11H20N4O/c1-8-3-4-11(16-8)10(13-12)7-9-5-6-15(2)14-9/h5-6,8,10-11,13H,3-4,7,12H2,1-2H3. The third-order valence-corrected chi connectivity index (χ3v) is 3.13. The Morgan fingerprint density at radius 2 is 2.50 bits per heavy atom. The van der Waals surface area contributed by atoms with Crippen LogP contribution in [0.15, 0.2) is 12.3 Å². The lowest BCUT2D eigenvalue weighted by atomic mass is 10.0. The van der Waals surface area contributed by atoms with Crippen LogP contribution in [0, 0.1) is 0 Å². The molecule has 2 heterocycles. The summed E-state index contributed by atoms with van der Waals surface area (Å²) < 4.78 is 7.62. The summed E-state index contributed by atoms with van der Waals surface area (Å²) in [6.45, 7) is 2.11. The van der Waals surface area contributed by atoms with Gasteiger partial charge in [-0.05, 0) is 25.8 Å². The van der Waals surface area contributed by atoms with Gasteiger partial charge in [-0.15, -0.1) is 0 Å². The van der Waals surface area contributed by atoms with Gasteiger partial charge in [-0.25, -0.2) is 0 Å². The first-order valence-corrected chi connectivity index (χ1v) is 5.79. The average Bonchev–Trinajstić information content (AvgIpc) is 2.84. The Hall–Kier alpha value is -0.910. The quantitative estimate of drug-likeness (QED) is 0.572. The minimum absolute atomic E-state index is 0.153. The number of hydrogen-bond donors (Lipinski definition) is 2. The first kappa shape index (κ1) is 11.6. The molecule has 1 saturated heterocycles. The maximum atomic E-state index is 5.82. The molecule has 90 valence electrons.